The highest BCUT2D eigenvalue weighted by Crippen LogP contribution is 2.45. The number of benzene rings is 10. The predicted octanol–water partition coefficient (Wildman–Crippen LogP) is 15.8. The van der Waals surface area contributed by atoms with Gasteiger partial charge < -0.3 is 14.0 Å². The van der Waals surface area contributed by atoms with Crippen LogP contribution >= 0.6 is 0 Å². The molecular weight excluding hydrogens is 739 g/mol. The molecule has 0 aliphatic rings. The summed E-state index contributed by atoms with van der Waals surface area (Å²) in [5.74, 6) is 0. The van der Waals surface area contributed by atoms with E-state index in [2.05, 4.69) is 251 Å². The zero-order valence-electron chi connectivity index (χ0n) is 33.4. The number of fused-ring (bicyclic) bond motifs is 8. The second kappa shape index (κ2) is 14.3. The van der Waals surface area contributed by atoms with Crippen molar-refractivity contribution in [1.82, 2.24) is 9.13 Å². The van der Waals surface area contributed by atoms with E-state index in [4.69, 9.17) is 0 Å². The van der Waals surface area contributed by atoms with Crippen LogP contribution in [-0.2, 0) is 0 Å². The summed E-state index contributed by atoms with van der Waals surface area (Å²) < 4.78 is 4.82. The molecule has 2 aromatic heterocycles. The van der Waals surface area contributed by atoms with Crippen LogP contribution in [0.4, 0.5) is 17.1 Å². The van der Waals surface area contributed by atoms with Gasteiger partial charge >= 0.3 is 0 Å². The smallest absolute Gasteiger partial charge is 0.0619 e. The fourth-order valence-electron chi connectivity index (χ4n) is 9.51. The molecule has 0 amide bonds. The quantitative estimate of drug-likeness (QED) is 0.157. The van der Waals surface area contributed by atoms with Gasteiger partial charge in [-0.25, -0.2) is 0 Å². The number of aromatic nitrogens is 2. The van der Waals surface area contributed by atoms with Gasteiger partial charge in [-0.05, 0) is 100 Å². The van der Waals surface area contributed by atoms with Gasteiger partial charge in [0.15, 0.2) is 0 Å². The van der Waals surface area contributed by atoms with Gasteiger partial charge in [-0.2, -0.15) is 0 Å². The zero-order valence-corrected chi connectivity index (χ0v) is 33.4. The van der Waals surface area contributed by atoms with E-state index < -0.39 is 0 Å². The molecule has 10 aromatic carbocycles. The van der Waals surface area contributed by atoms with E-state index >= 15 is 0 Å². The molecule has 0 fully saturated rings. The highest BCUT2D eigenvalue weighted by Gasteiger charge is 2.21. The summed E-state index contributed by atoms with van der Waals surface area (Å²) in [6, 6.07) is 85.8. The predicted molar refractivity (Wildman–Crippen MR) is 258 cm³/mol. The average molecular weight is 778 g/mol. The van der Waals surface area contributed by atoms with Crippen LogP contribution in [0, 0.1) is 0 Å². The highest BCUT2D eigenvalue weighted by atomic mass is 15.1. The van der Waals surface area contributed by atoms with Gasteiger partial charge in [0.1, 0.15) is 0 Å². The molecular formula is C58H39N3. The second-order valence-corrected chi connectivity index (χ2v) is 15.7. The molecule has 3 heteroatoms. The summed E-state index contributed by atoms with van der Waals surface area (Å²) in [4.78, 5) is 2.42. The Kier molecular flexibility index (Phi) is 8.17. The highest BCUT2D eigenvalue weighted by molar-refractivity contribution is 6.19. The van der Waals surface area contributed by atoms with E-state index in [0.717, 1.165) is 28.4 Å². The normalized spacial score (nSPS) is 11.6. The first-order chi connectivity index (χ1) is 30.3. The lowest BCUT2D eigenvalue weighted by Crippen LogP contribution is -2.10. The number of para-hydroxylation sites is 3. The van der Waals surface area contributed by atoms with Crippen molar-refractivity contribution in [2.45, 2.75) is 0 Å². The molecule has 3 nitrogen and oxygen atoms in total. The van der Waals surface area contributed by atoms with Gasteiger partial charge in [-0.3, -0.25) is 0 Å². The first kappa shape index (κ1) is 34.9. The van der Waals surface area contributed by atoms with E-state index in [1.54, 1.807) is 0 Å². The Labute approximate surface area is 354 Å². The molecule has 0 atom stereocenters. The van der Waals surface area contributed by atoms with Gasteiger partial charge in [0.05, 0.1) is 27.8 Å². The Morgan fingerprint density at radius 2 is 0.770 bits per heavy atom. The summed E-state index contributed by atoms with van der Waals surface area (Å²) >= 11 is 0. The van der Waals surface area contributed by atoms with Crippen LogP contribution in [-0.4, -0.2) is 9.13 Å². The molecule has 286 valence electrons. The molecule has 0 saturated heterocycles. The third-order valence-electron chi connectivity index (χ3n) is 12.3. The largest absolute Gasteiger partial charge is 0.310 e. The first-order valence-corrected chi connectivity index (χ1v) is 20.9. The van der Waals surface area contributed by atoms with Crippen molar-refractivity contribution in [1.29, 1.82) is 0 Å². The lowest BCUT2D eigenvalue weighted by Gasteiger charge is -2.27. The van der Waals surface area contributed by atoms with Gasteiger partial charge in [0.2, 0.25) is 0 Å². The molecule has 0 N–H and O–H groups in total. The minimum atomic E-state index is 1.09. The van der Waals surface area contributed by atoms with Crippen LogP contribution in [0.1, 0.15) is 0 Å². The topological polar surface area (TPSA) is 13.1 Å². The number of rotatable bonds is 7. The summed E-state index contributed by atoms with van der Waals surface area (Å²) in [5, 5.41) is 7.48. The molecule has 12 aromatic rings. The van der Waals surface area contributed by atoms with Crippen LogP contribution in [0.15, 0.2) is 237 Å². The Hall–Kier alpha value is -8.14. The van der Waals surface area contributed by atoms with Gasteiger partial charge in [-0.15, -0.1) is 0 Å². The minimum absolute atomic E-state index is 1.09. The van der Waals surface area contributed by atoms with Crippen LogP contribution in [0.3, 0.4) is 0 Å². The van der Waals surface area contributed by atoms with Crippen molar-refractivity contribution in [2.24, 2.45) is 0 Å². The number of hydrogen-bond acceptors (Lipinski definition) is 1. The summed E-state index contributed by atoms with van der Waals surface area (Å²) in [7, 11) is 0. The van der Waals surface area contributed by atoms with Crippen molar-refractivity contribution in [3.8, 4) is 33.6 Å². The second-order valence-electron chi connectivity index (χ2n) is 15.7. The maximum Gasteiger partial charge on any atom is 0.0619 e. The summed E-state index contributed by atoms with van der Waals surface area (Å²) in [5.41, 5.74) is 15.2. The van der Waals surface area contributed by atoms with Crippen molar-refractivity contribution in [2.75, 3.05) is 4.90 Å². The maximum atomic E-state index is 2.43. The average Bonchev–Trinajstić information content (AvgIpc) is 3.87. The molecule has 0 aliphatic heterocycles. The van der Waals surface area contributed by atoms with E-state index in [0.29, 0.717) is 0 Å². The fourth-order valence-corrected chi connectivity index (χ4v) is 9.51. The van der Waals surface area contributed by atoms with E-state index in [-0.39, 0.29) is 0 Å². The Morgan fingerprint density at radius 3 is 1.44 bits per heavy atom. The van der Waals surface area contributed by atoms with Crippen LogP contribution < -0.4 is 4.90 Å². The third kappa shape index (κ3) is 5.74. The minimum Gasteiger partial charge on any atom is -0.310 e. The van der Waals surface area contributed by atoms with E-state index in [1.807, 2.05) is 0 Å². The number of anilines is 3. The number of nitrogens with zero attached hydrogens (tertiary/aromatic N) is 3. The van der Waals surface area contributed by atoms with Crippen LogP contribution in [0.5, 0.6) is 0 Å². The third-order valence-corrected chi connectivity index (χ3v) is 12.3. The molecule has 12 rings (SSSR count). The summed E-state index contributed by atoms with van der Waals surface area (Å²) in [6.07, 6.45) is 0. The molecule has 0 unspecified atom stereocenters. The SMILES string of the molecule is c1ccc(-c2ccc(N(c3ccc(-c4ccc(-n5c6ccccc6c6ccc7ccccc7c65)cc4)cc3)c3cccc4c3c3ccccc3n4-c3ccccc3)cc2)cc1. The molecule has 2 heterocycles. The van der Waals surface area contributed by atoms with Crippen molar-refractivity contribution in [3.05, 3.63) is 237 Å². The zero-order chi connectivity index (χ0) is 40.3. The Balaban J connectivity index is 0.977. The van der Waals surface area contributed by atoms with Gasteiger partial charge in [-0.1, -0.05) is 164 Å². The van der Waals surface area contributed by atoms with Crippen molar-refractivity contribution >= 4 is 71.4 Å². The summed E-state index contributed by atoms with van der Waals surface area (Å²) in [6.45, 7) is 0. The monoisotopic (exact) mass is 777 g/mol. The van der Waals surface area contributed by atoms with E-state index in [1.165, 1.54) is 76.6 Å². The molecule has 0 saturated carbocycles. The maximum absolute atomic E-state index is 2.43. The van der Waals surface area contributed by atoms with Crippen LogP contribution in [0.25, 0.3) is 88.0 Å². The lowest BCUT2D eigenvalue weighted by molar-refractivity contribution is 1.18. The Morgan fingerprint density at radius 1 is 0.279 bits per heavy atom. The lowest BCUT2D eigenvalue weighted by atomic mass is 10.0. The van der Waals surface area contributed by atoms with Gasteiger partial charge in [0, 0.05) is 49.7 Å². The first-order valence-electron chi connectivity index (χ1n) is 20.9. The van der Waals surface area contributed by atoms with Crippen molar-refractivity contribution < 1.29 is 0 Å². The standard InChI is InChI=1S/C58H39N3/c1-3-14-40(15-4-1)41-26-33-46(34-27-41)59(55-24-13-25-56-57(55)52-21-10-12-23-54(52)60(56)45-17-5-2-6-18-45)47-35-28-42(29-36-47)43-30-37-48(38-31-43)61-53-22-11-9-20-50(53)51-39-32-44-16-7-8-19-49(44)58(51)61/h1-39H. The van der Waals surface area contributed by atoms with Crippen molar-refractivity contribution in [3.63, 3.8) is 0 Å². The molecule has 0 radical (unpaired) electrons. The van der Waals surface area contributed by atoms with E-state index in [9.17, 15) is 0 Å². The molecule has 0 aliphatic carbocycles. The molecule has 61 heavy (non-hydrogen) atoms. The van der Waals surface area contributed by atoms with Gasteiger partial charge in [0.25, 0.3) is 0 Å². The molecule has 0 bridgehead atoms. The number of hydrogen-bond donors (Lipinski definition) is 0. The van der Waals surface area contributed by atoms with Crippen LogP contribution in [0.2, 0.25) is 0 Å². The Bertz CT molecular complexity index is 3540. The fraction of sp³-hybridized carbons (Fsp3) is 0. The molecule has 0 spiro atoms.